The second kappa shape index (κ2) is 5.43. The van der Waals surface area contributed by atoms with Gasteiger partial charge in [0.25, 0.3) is 5.56 Å². The minimum atomic E-state index is -0.254. The number of rotatable bonds is 4. The van der Waals surface area contributed by atoms with Crippen molar-refractivity contribution < 1.29 is 14.2 Å². The van der Waals surface area contributed by atoms with Crippen molar-refractivity contribution in [3.63, 3.8) is 0 Å². The third-order valence-electron chi connectivity index (χ3n) is 2.64. The average Bonchev–Trinajstić information content (AvgIpc) is 2.46. The molecule has 19 heavy (non-hydrogen) atoms. The van der Waals surface area contributed by atoms with Crippen LogP contribution >= 0.6 is 0 Å². The van der Waals surface area contributed by atoms with Crippen LogP contribution in [0.2, 0.25) is 0 Å². The molecule has 0 bridgehead atoms. The van der Waals surface area contributed by atoms with E-state index in [-0.39, 0.29) is 5.56 Å². The number of benzene rings is 1. The largest absolute Gasteiger partial charge is 0.493 e. The molecule has 2 rings (SSSR count). The molecule has 1 N–H and O–H groups in total. The summed E-state index contributed by atoms with van der Waals surface area (Å²) in [5.41, 5.74) is 1.11. The maximum absolute atomic E-state index is 11.0. The molecule has 0 aliphatic rings. The van der Waals surface area contributed by atoms with Gasteiger partial charge < -0.3 is 14.2 Å². The van der Waals surface area contributed by atoms with Crippen molar-refractivity contribution in [1.29, 1.82) is 0 Å². The Morgan fingerprint density at radius 3 is 2.05 bits per heavy atom. The van der Waals surface area contributed by atoms with Gasteiger partial charge in [0.05, 0.1) is 27.0 Å². The van der Waals surface area contributed by atoms with Crippen molar-refractivity contribution in [3.05, 3.63) is 34.6 Å². The SMILES string of the molecule is COc1cc(-c2ccc(=O)[nH]n2)cc(OC)c1OC. The summed E-state index contributed by atoms with van der Waals surface area (Å²) in [7, 11) is 4.63. The summed E-state index contributed by atoms with van der Waals surface area (Å²) in [5, 5.41) is 6.35. The fourth-order valence-electron chi connectivity index (χ4n) is 1.73. The van der Waals surface area contributed by atoms with Crippen LogP contribution in [-0.2, 0) is 0 Å². The Hall–Kier alpha value is -2.50. The highest BCUT2D eigenvalue weighted by atomic mass is 16.5. The maximum atomic E-state index is 11.0. The average molecular weight is 262 g/mol. The number of H-pyrrole nitrogens is 1. The second-order valence-corrected chi connectivity index (χ2v) is 3.72. The van der Waals surface area contributed by atoms with Crippen LogP contribution in [0.3, 0.4) is 0 Å². The molecule has 1 aromatic carbocycles. The van der Waals surface area contributed by atoms with Gasteiger partial charge in [-0.25, -0.2) is 5.10 Å². The van der Waals surface area contributed by atoms with Crippen LogP contribution in [0, 0.1) is 0 Å². The molecule has 0 amide bonds. The van der Waals surface area contributed by atoms with E-state index in [9.17, 15) is 4.79 Å². The first-order valence-electron chi connectivity index (χ1n) is 5.55. The molecule has 0 radical (unpaired) electrons. The highest BCUT2D eigenvalue weighted by Gasteiger charge is 2.14. The van der Waals surface area contributed by atoms with E-state index in [1.807, 2.05) is 0 Å². The Morgan fingerprint density at radius 2 is 1.63 bits per heavy atom. The highest BCUT2D eigenvalue weighted by molar-refractivity contribution is 5.68. The number of ether oxygens (including phenoxy) is 3. The van der Waals surface area contributed by atoms with Gasteiger partial charge in [-0.1, -0.05) is 0 Å². The quantitative estimate of drug-likeness (QED) is 0.903. The summed E-state index contributed by atoms with van der Waals surface area (Å²) in [5.74, 6) is 1.58. The fourth-order valence-corrected chi connectivity index (χ4v) is 1.73. The minimum absolute atomic E-state index is 0.254. The van der Waals surface area contributed by atoms with Gasteiger partial charge in [0.15, 0.2) is 11.5 Å². The molecule has 100 valence electrons. The third kappa shape index (κ3) is 2.52. The van der Waals surface area contributed by atoms with Crippen molar-refractivity contribution >= 4 is 0 Å². The standard InChI is InChI=1S/C13H14N2O4/c1-17-10-6-8(7-11(18-2)13(10)19-3)9-4-5-12(16)15-14-9/h4-7H,1-3H3,(H,15,16). The van der Waals surface area contributed by atoms with Gasteiger partial charge in [-0.15, -0.1) is 0 Å². The van der Waals surface area contributed by atoms with Crippen molar-refractivity contribution in [2.24, 2.45) is 0 Å². The molecule has 0 aliphatic heterocycles. The molecule has 0 spiro atoms. The molecule has 0 aliphatic carbocycles. The summed E-state index contributed by atoms with van der Waals surface area (Å²) in [6.45, 7) is 0. The van der Waals surface area contributed by atoms with Gasteiger partial charge in [-0.2, -0.15) is 5.10 Å². The van der Waals surface area contributed by atoms with E-state index in [0.29, 0.717) is 22.9 Å². The Morgan fingerprint density at radius 1 is 1.00 bits per heavy atom. The third-order valence-corrected chi connectivity index (χ3v) is 2.64. The molecule has 0 fully saturated rings. The van der Waals surface area contributed by atoms with E-state index < -0.39 is 0 Å². The molecule has 0 saturated heterocycles. The lowest BCUT2D eigenvalue weighted by molar-refractivity contribution is 0.324. The lowest BCUT2D eigenvalue weighted by atomic mass is 10.1. The summed E-state index contributed by atoms with van der Waals surface area (Å²) < 4.78 is 15.8. The van der Waals surface area contributed by atoms with Crippen molar-refractivity contribution in [2.45, 2.75) is 0 Å². The van der Waals surface area contributed by atoms with Crippen LogP contribution in [0.5, 0.6) is 17.2 Å². The molecule has 6 heteroatoms. The van der Waals surface area contributed by atoms with E-state index in [0.717, 1.165) is 5.56 Å². The zero-order valence-electron chi connectivity index (χ0n) is 10.9. The van der Waals surface area contributed by atoms with Crippen molar-refractivity contribution in [3.8, 4) is 28.5 Å². The molecular weight excluding hydrogens is 248 g/mol. The zero-order valence-corrected chi connectivity index (χ0v) is 10.9. The smallest absolute Gasteiger partial charge is 0.264 e. The Labute approximate surface area is 109 Å². The van der Waals surface area contributed by atoms with Crippen LogP contribution in [0.1, 0.15) is 0 Å². The molecule has 1 heterocycles. The van der Waals surface area contributed by atoms with E-state index in [1.165, 1.54) is 13.2 Å². The van der Waals surface area contributed by atoms with Gasteiger partial charge in [0.2, 0.25) is 5.75 Å². The molecule has 6 nitrogen and oxygen atoms in total. The van der Waals surface area contributed by atoms with Crippen molar-refractivity contribution in [2.75, 3.05) is 21.3 Å². The molecular formula is C13H14N2O4. The van der Waals surface area contributed by atoms with Crippen LogP contribution < -0.4 is 19.8 Å². The van der Waals surface area contributed by atoms with Crippen LogP contribution in [-0.4, -0.2) is 31.5 Å². The number of aromatic amines is 1. The topological polar surface area (TPSA) is 73.4 Å². The molecule has 0 atom stereocenters. The number of nitrogens with zero attached hydrogens (tertiary/aromatic N) is 1. The molecule has 2 aromatic rings. The van der Waals surface area contributed by atoms with E-state index >= 15 is 0 Å². The Kier molecular flexibility index (Phi) is 3.70. The normalized spacial score (nSPS) is 10.1. The first-order chi connectivity index (χ1) is 9.19. The lowest BCUT2D eigenvalue weighted by Crippen LogP contribution is -2.05. The van der Waals surface area contributed by atoms with Gasteiger partial charge in [0.1, 0.15) is 0 Å². The summed E-state index contributed by atoms with van der Waals surface area (Å²) in [4.78, 5) is 11.0. The first-order valence-corrected chi connectivity index (χ1v) is 5.55. The van der Waals surface area contributed by atoms with Crippen LogP contribution in [0.25, 0.3) is 11.3 Å². The monoisotopic (exact) mass is 262 g/mol. The predicted molar refractivity (Wildman–Crippen MR) is 69.9 cm³/mol. The number of hydrogen-bond donors (Lipinski definition) is 1. The van der Waals surface area contributed by atoms with Crippen LogP contribution in [0.4, 0.5) is 0 Å². The zero-order chi connectivity index (χ0) is 13.8. The number of nitrogens with one attached hydrogen (secondary N) is 1. The summed E-state index contributed by atoms with van der Waals surface area (Å²) in [6.07, 6.45) is 0. The lowest BCUT2D eigenvalue weighted by Gasteiger charge is -2.13. The molecule has 0 unspecified atom stereocenters. The molecule has 0 saturated carbocycles. The Bertz CT molecular complexity index is 591. The fraction of sp³-hybridized carbons (Fsp3) is 0.231. The summed E-state index contributed by atoms with van der Waals surface area (Å²) >= 11 is 0. The summed E-state index contributed by atoms with van der Waals surface area (Å²) in [6, 6.07) is 6.56. The predicted octanol–water partition coefficient (Wildman–Crippen LogP) is 1.46. The number of aromatic nitrogens is 2. The number of hydrogen-bond acceptors (Lipinski definition) is 5. The van der Waals surface area contributed by atoms with E-state index in [4.69, 9.17) is 14.2 Å². The molecule has 1 aromatic heterocycles. The maximum Gasteiger partial charge on any atom is 0.264 e. The van der Waals surface area contributed by atoms with Gasteiger partial charge >= 0.3 is 0 Å². The van der Waals surface area contributed by atoms with Crippen molar-refractivity contribution in [1.82, 2.24) is 10.2 Å². The highest BCUT2D eigenvalue weighted by Crippen LogP contribution is 2.40. The Balaban J connectivity index is 2.58. The minimum Gasteiger partial charge on any atom is -0.493 e. The first kappa shape index (κ1) is 12.9. The van der Waals surface area contributed by atoms with Gasteiger partial charge in [-0.05, 0) is 18.2 Å². The number of methoxy groups -OCH3 is 3. The van der Waals surface area contributed by atoms with E-state index in [2.05, 4.69) is 10.2 Å². The van der Waals surface area contributed by atoms with Gasteiger partial charge in [0, 0.05) is 11.6 Å². The van der Waals surface area contributed by atoms with Gasteiger partial charge in [-0.3, -0.25) is 4.79 Å². The van der Waals surface area contributed by atoms with E-state index in [1.54, 1.807) is 32.4 Å². The van der Waals surface area contributed by atoms with Crippen LogP contribution in [0.15, 0.2) is 29.1 Å². The second-order valence-electron chi connectivity index (χ2n) is 3.72.